The van der Waals surface area contributed by atoms with E-state index < -0.39 is 0 Å². The van der Waals surface area contributed by atoms with Crippen molar-refractivity contribution in [2.75, 3.05) is 0 Å². The fourth-order valence-corrected chi connectivity index (χ4v) is 3.44. The minimum absolute atomic E-state index is 0.223. The monoisotopic (exact) mass is 350 g/mol. The number of nitrogens with one attached hydrogen (secondary N) is 1. The van der Waals surface area contributed by atoms with E-state index in [1.807, 2.05) is 29.5 Å². The standard InChI is InChI=1S/C16H18N10/c1-10-13(7-18-22-10)15-21-16(26(23-15)12-6-19-24(2)8-12)11-3-4-25-14(5-11)17-9-20-25/h6-9,11H,3-5H2,1-2H3,(H,18,22). The van der Waals surface area contributed by atoms with Gasteiger partial charge in [-0.3, -0.25) is 14.5 Å². The molecule has 0 aliphatic carbocycles. The molecular weight excluding hydrogens is 332 g/mol. The summed E-state index contributed by atoms with van der Waals surface area (Å²) < 4.78 is 5.62. The molecule has 0 amide bonds. The Morgan fingerprint density at radius 1 is 1.23 bits per heavy atom. The highest BCUT2D eigenvalue weighted by Gasteiger charge is 2.28. The van der Waals surface area contributed by atoms with Gasteiger partial charge in [-0.1, -0.05) is 0 Å². The second-order valence-corrected chi connectivity index (χ2v) is 6.58. The van der Waals surface area contributed by atoms with E-state index in [0.717, 1.165) is 48.0 Å². The number of nitrogens with zero attached hydrogens (tertiary/aromatic N) is 9. The van der Waals surface area contributed by atoms with Crippen LogP contribution in [-0.2, 0) is 20.0 Å². The SMILES string of the molecule is Cc1[nH]ncc1-c1nc(C2CCn3ncnc3C2)n(-c2cnn(C)c2)n1. The highest BCUT2D eigenvalue weighted by molar-refractivity contribution is 5.56. The van der Waals surface area contributed by atoms with Gasteiger partial charge in [-0.05, 0) is 13.3 Å². The molecule has 4 aromatic rings. The molecule has 1 N–H and O–H groups in total. The van der Waals surface area contributed by atoms with Gasteiger partial charge in [-0.25, -0.2) is 14.6 Å². The van der Waals surface area contributed by atoms with E-state index in [9.17, 15) is 0 Å². The van der Waals surface area contributed by atoms with Crippen LogP contribution >= 0.6 is 0 Å². The zero-order valence-electron chi connectivity index (χ0n) is 14.5. The van der Waals surface area contributed by atoms with Crippen molar-refractivity contribution in [2.45, 2.75) is 32.2 Å². The zero-order valence-corrected chi connectivity index (χ0v) is 14.5. The Hall–Kier alpha value is -3.30. The van der Waals surface area contributed by atoms with Gasteiger partial charge in [0, 0.05) is 31.6 Å². The van der Waals surface area contributed by atoms with Gasteiger partial charge in [0.15, 0.2) is 5.82 Å². The smallest absolute Gasteiger partial charge is 0.185 e. The van der Waals surface area contributed by atoms with Crippen LogP contribution in [-0.4, -0.2) is 49.5 Å². The van der Waals surface area contributed by atoms with Crippen LogP contribution in [0.1, 0.15) is 29.7 Å². The van der Waals surface area contributed by atoms with Crippen LogP contribution in [0.3, 0.4) is 0 Å². The molecule has 26 heavy (non-hydrogen) atoms. The lowest BCUT2D eigenvalue weighted by molar-refractivity contribution is 0.417. The molecule has 0 bridgehead atoms. The van der Waals surface area contributed by atoms with E-state index in [2.05, 4.69) is 25.4 Å². The first-order chi connectivity index (χ1) is 12.7. The summed E-state index contributed by atoms with van der Waals surface area (Å²) in [6.07, 6.45) is 8.86. The van der Waals surface area contributed by atoms with E-state index in [0.29, 0.717) is 5.82 Å². The lowest BCUT2D eigenvalue weighted by Crippen LogP contribution is -2.21. The number of H-pyrrole nitrogens is 1. The summed E-state index contributed by atoms with van der Waals surface area (Å²) in [5, 5.41) is 20.4. The van der Waals surface area contributed by atoms with Crippen molar-refractivity contribution in [3.05, 3.63) is 42.3 Å². The van der Waals surface area contributed by atoms with E-state index in [1.165, 1.54) is 0 Å². The van der Waals surface area contributed by atoms with E-state index in [-0.39, 0.29) is 5.92 Å². The third-order valence-electron chi connectivity index (χ3n) is 4.82. The molecule has 1 atom stereocenters. The molecule has 0 fully saturated rings. The summed E-state index contributed by atoms with van der Waals surface area (Å²) in [5.41, 5.74) is 2.76. The maximum Gasteiger partial charge on any atom is 0.185 e. The molecular formula is C16H18N10. The van der Waals surface area contributed by atoms with Crippen molar-refractivity contribution in [2.24, 2.45) is 7.05 Å². The molecule has 10 heteroatoms. The lowest BCUT2D eigenvalue weighted by Gasteiger charge is -2.21. The average Bonchev–Trinajstić information content (AvgIpc) is 3.39. The molecule has 5 heterocycles. The van der Waals surface area contributed by atoms with Crippen LogP contribution in [0.25, 0.3) is 17.1 Å². The van der Waals surface area contributed by atoms with E-state index in [1.54, 1.807) is 23.4 Å². The first-order valence-corrected chi connectivity index (χ1v) is 8.52. The van der Waals surface area contributed by atoms with Crippen LogP contribution < -0.4 is 0 Å². The van der Waals surface area contributed by atoms with Gasteiger partial charge in [-0.15, -0.1) is 5.10 Å². The second kappa shape index (κ2) is 5.61. The lowest BCUT2D eigenvalue weighted by atomic mass is 9.97. The predicted octanol–water partition coefficient (Wildman–Crippen LogP) is 1.02. The Kier molecular flexibility index (Phi) is 3.24. The van der Waals surface area contributed by atoms with Crippen molar-refractivity contribution in [1.29, 1.82) is 0 Å². The largest absolute Gasteiger partial charge is 0.282 e. The summed E-state index contributed by atoms with van der Waals surface area (Å²) in [7, 11) is 1.89. The Bertz CT molecular complexity index is 1060. The summed E-state index contributed by atoms with van der Waals surface area (Å²) in [4.78, 5) is 9.25. The number of aromatic nitrogens is 10. The first-order valence-electron chi connectivity index (χ1n) is 8.52. The van der Waals surface area contributed by atoms with Gasteiger partial charge in [0.2, 0.25) is 0 Å². The molecule has 5 rings (SSSR count). The molecule has 0 saturated heterocycles. The van der Waals surface area contributed by atoms with E-state index >= 15 is 0 Å². The molecule has 0 spiro atoms. The van der Waals surface area contributed by atoms with Crippen LogP contribution in [0.5, 0.6) is 0 Å². The molecule has 1 aliphatic heterocycles. The summed E-state index contributed by atoms with van der Waals surface area (Å²) in [5.74, 6) is 2.80. The number of fused-ring (bicyclic) bond motifs is 1. The van der Waals surface area contributed by atoms with Crippen molar-refractivity contribution in [1.82, 2.24) is 49.5 Å². The first kappa shape index (κ1) is 15.0. The number of hydrogen-bond acceptors (Lipinski definition) is 6. The quantitative estimate of drug-likeness (QED) is 0.591. The number of hydrogen-bond donors (Lipinski definition) is 1. The third kappa shape index (κ3) is 2.33. The predicted molar refractivity (Wildman–Crippen MR) is 91.5 cm³/mol. The number of aryl methyl sites for hydroxylation is 3. The summed E-state index contributed by atoms with van der Waals surface area (Å²) in [6.45, 7) is 2.80. The molecule has 1 unspecified atom stereocenters. The van der Waals surface area contributed by atoms with Crippen LogP contribution in [0.15, 0.2) is 24.9 Å². The zero-order chi connectivity index (χ0) is 17.7. The summed E-state index contributed by atoms with van der Waals surface area (Å²) in [6, 6.07) is 0. The van der Waals surface area contributed by atoms with Crippen molar-refractivity contribution in [3.63, 3.8) is 0 Å². The normalized spacial score (nSPS) is 16.8. The fourth-order valence-electron chi connectivity index (χ4n) is 3.44. The molecule has 132 valence electrons. The molecule has 0 saturated carbocycles. The molecule has 0 radical (unpaired) electrons. The Morgan fingerprint density at radius 2 is 2.15 bits per heavy atom. The van der Waals surface area contributed by atoms with Crippen molar-refractivity contribution >= 4 is 0 Å². The van der Waals surface area contributed by atoms with E-state index in [4.69, 9.17) is 10.1 Å². The minimum Gasteiger partial charge on any atom is -0.282 e. The topological polar surface area (TPSA) is 108 Å². The molecule has 4 aromatic heterocycles. The van der Waals surface area contributed by atoms with Crippen molar-refractivity contribution < 1.29 is 0 Å². The van der Waals surface area contributed by atoms with Crippen molar-refractivity contribution in [3.8, 4) is 17.1 Å². The van der Waals surface area contributed by atoms with Gasteiger partial charge in [0.1, 0.15) is 23.7 Å². The van der Waals surface area contributed by atoms with Gasteiger partial charge in [-0.2, -0.15) is 15.3 Å². The number of aromatic amines is 1. The molecule has 1 aliphatic rings. The summed E-state index contributed by atoms with van der Waals surface area (Å²) >= 11 is 0. The van der Waals surface area contributed by atoms with Gasteiger partial charge in [0.25, 0.3) is 0 Å². The van der Waals surface area contributed by atoms with Gasteiger partial charge >= 0.3 is 0 Å². The average molecular weight is 350 g/mol. The highest BCUT2D eigenvalue weighted by atomic mass is 15.4. The van der Waals surface area contributed by atoms with Gasteiger partial charge < -0.3 is 0 Å². The maximum atomic E-state index is 4.88. The molecule has 10 nitrogen and oxygen atoms in total. The van der Waals surface area contributed by atoms with Gasteiger partial charge in [0.05, 0.1) is 24.2 Å². The Labute approximate surface area is 148 Å². The third-order valence-corrected chi connectivity index (χ3v) is 4.82. The molecule has 0 aromatic carbocycles. The second-order valence-electron chi connectivity index (χ2n) is 6.58. The Morgan fingerprint density at radius 3 is 2.92 bits per heavy atom. The van der Waals surface area contributed by atoms with Crippen LogP contribution in [0.4, 0.5) is 0 Å². The Balaban J connectivity index is 1.61. The van der Waals surface area contributed by atoms with Crippen LogP contribution in [0, 0.1) is 6.92 Å². The highest BCUT2D eigenvalue weighted by Crippen LogP contribution is 2.30. The maximum absolute atomic E-state index is 4.88. The number of rotatable bonds is 3. The van der Waals surface area contributed by atoms with Crippen LogP contribution in [0.2, 0.25) is 0 Å². The minimum atomic E-state index is 0.223. The fraction of sp³-hybridized carbons (Fsp3) is 0.375.